The Kier molecular flexibility index (Phi) is 10.6. The molecule has 0 spiro atoms. The Morgan fingerprint density at radius 2 is 1.64 bits per heavy atom. The van der Waals surface area contributed by atoms with Crippen molar-refractivity contribution in [3.05, 3.63) is 76.9 Å². The van der Waals surface area contributed by atoms with E-state index in [4.69, 9.17) is 4.74 Å². The zero-order chi connectivity index (χ0) is 40.4. The van der Waals surface area contributed by atoms with Crippen LogP contribution in [0, 0.1) is 62.5 Å². The molecule has 3 N–H and O–H groups in total. The Labute approximate surface area is 333 Å². The second-order valence-corrected chi connectivity index (χ2v) is 19.7. The Morgan fingerprint density at radius 3 is 2.34 bits per heavy atom. The van der Waals surface area contributed by atoms with Gasteiger partial charge in [-0.25, -0.2) is 9.18 Å². The van der Waals surface area contributed by atoms with Crippen molar-refractivity contribution in [1.82, 2.24) is 15.6 Å². The van der Waals surface area contributed by atoms with E-state index in [1.165, 1.54) is 43.9 Å². The minimum absolute atomic E-state index is 0.0843. The van der Waals surface area contributed by atoms with Crippen LogP contribution in [0.1, 0.15) is 138 Å². The molecule has 2 aromatic rings. The van der Waals surface area contributed by atoms with E-state index in [1.54, 1.807) is 18.2 Å². The molecule has 0 saturated heterocycles. The van der Waals surface area contributed by atoms with Crippen LogP contribution in [-0.2, 0) is 22.5 Å². The van der Waals surface area contributed by atoms with Crippen LogP contribution in [0.5, 0.6) is 0 Å². The highest BCUT2D eigenvalue weighted by atomic mass is 19.1. The number of amides is 2. The Bertz CT molecular complexity index is 1880. The summed E-state index contributed by atoms with van der Waals surface area (Å²) in [5.41, 5.74) is 2.67. The molecular weight excluding hydrogens is 706 g/mol. The monoisotopic (exact) mass is 769 g/mol. The van der Waals surface area contributed by atoms with Crippen LogP contribution in [0.25, 0.3) is 0 Å². The minimum atomic E-state index is -0.487. The third kappa shape index (κ3) is 6.33. The van der Waals surface area contributed by atoms with Crippen LogP contribution in [0.4, 0.5) is 4.39 Å². The fourth-order valence-corrected chi connectivity index (χ4v) is 14.0. The van der Waals surface area contributed by atoms with Crippen molar-refractivity contribution in [2.75, 3.05) is 13.7 Å². The van der Waals surface area contributed by atoms with Gasteiger partial charge >= 0.3 is 5.97 Å². The van der Waals surface area contributed by atoms with E-state index >= 15 is 4.39 Å². The largest absolute Gasteiger partial charge is 0.465 e. The molecule has 0 bridgehead atoms. The first-order valence-electron chi connectivity index (χ1n) is 21.1. The molecule has 1 heterocycles. The topological polar surface area (TPSA) is 118 Å². The average molecular weight is 770 g/mol. The highest BCUT2D eigenvalue weighted by Gasteiger charge is 2.71. The van der Waals surface area contributed by atoms with E-state index in [1.807, 2.05) is 0 Å². The number of ether oxygens (including phenoxy) is 1. The van der Waals surface area contributed by atoms with Crippen molar-refractivity contribution in [3.63, 3.8) is 0 Å². The van der Waals surface area contributed by atoms with Gasteiger partial charge in [0, 0.05) is 18.3 Å². The Balaban J connectivity index is 1.04. The maximum absolute atomic E-state index is 15.1. The fourth-order valence-electron chi connectivity index (χ4n) is 14.0. The first kappa shape index (κ1) is 40.6. The maximum atomic E-state index is 15.1. The predicted molar refractivity (Wildman–Crippen MR) is 215 cm³/mol. The summed E-state index contributed by atoms with van der Waals surface area (Å²) in [6, 6.07) is 7.56. The van der Waals surface area contributed by atoms with Gasteiger partial charge in [-0.05, 0) is 165 Å². The van der Waals surface area contributed by atoms with Crippen molar-refractivity contribution >= 4 is 17.8 Å². The number of aromatic nitrogens is 1. The summed E-state index contributed by atoms with van der Waals surface area (Å²) in [7, 11) is 1.30. The van der Waals surface area contributed by atoms with Gasteiger partial charge in [0.2, 0.25) is 5.91 Å². The lowest BCUT2D eigenvalue weighted by Gasteiger charge is -2.72. The first-order chi connectivity index (χ1) is 26.4. The zero-order valence-electron chi connectivity index (χ0n) is 34.7. The van der Waals surface area contributed by atoms with Gasteiger partial charge in [-0.1, -0.05) is 46.8 Å². The van der Waals surface area contributed by atoms with Gasteiger partial charge < -0.3 is 20.5 Å². The van der Waals surface area contributed by atoms with Crippen LogP contribution >= 0.6 is 0 Å². The van der Waals surface area contributed by atoms with Crippen LogP contribution in [0.15, 0.2) is 48.7 Å². The van der Waals surface area contributed by atoms with Crippen molar-refractivity contribution in [1.29, 1.82) is 0 Å². The van der Waals surface area contributed by atoms with E-state index in [0.717, 1.165) is 51.4 Å². The van der Waals surface area contributed by atoms with Crippen molar-refractivity contribution < 1.29 is 28.6 Å². The number of benzene rings is 1. The van der Waals surface area contributed by atoms with E-state index < -0.39 is 17.2 Å². The number of carbonyl (C=O) groups excluding carboxylic acids is 3. The summed E-state index contributed by atoms with van der Waals surface area (Å²) in [5, 5.41) is 17.2. The zero-order valence-corrected chi connectivity index (χ0v) is 34.7. The number of hydrogen-bond donors (Lipinski definition) is 3. The van der Waals surface area contributed by atoms with Crippen molar-refractivity contribution in [2.24, 2.45) is 56.7 Å². The van der Waals surface area contributed by atoms with E-state index in [2.05, 4.69) is 63.7 Å². The molecule has 9 heteroatoms. The van der Waals surface area contributed by atoms with Crippen LogP contribution in [0.3, 0.4) is 0 Å². The van der Waals surface area contributed by atoms with Crippen molar-refractivity contribution in [3.8, 4) is 0 Å². The molecule has 56 heavy (non-hydrogen) atoms. The molecule has 8 nitrogen and oxygen atoms in total. The molecule has 0 radical (unpaired) electrons. The minimum Gasteiger partial charge on any atom is -0.465 e. The number of carbonyl (C=O) groups is 3. The first-order valence-corrected chi connectivity index (χ1v) is 21.1. The molecule has 5 aliphatic rings. The summed E-state index contributed by atoms with van der Waals surface area (Å²) in [6.45, 7) is 19.4. The lowest BCUT2D eigenvalue weighted by Crippen LogP contribution is -2.67. The summed E-state index contributed by atoms with van der Waals surface area (Å²) >= 11 is 0. The normalized spacial score (nSPS) is 36.9. The quantitative estimate of drug-likeness (QED) is 0.174. The van der Waals surface area contributed by atoms with Gasteiger partial charge in [-0.3, -0.25) is 14.6 Å². The molecular formula is C47H64FN3O5. The number of esters is 1. The van der Waals surface area contributed by atoms with Gasteiger partial charge in [0.1, 0.15) is 5.82 Å². The number of rotatable bonds is 9. The molecule has 1 aromatic carbocycles. The van der Waals surface area contributed by atoms with Crippen LogP contribution < -0.4 is 10.6 Å². The SMILES string of the molecule is C=C(C)[C@@H]1CC[C@]2(C(=O)NCCc3cc(C(=O)NCc4ccc(C(=O)OC)cn4)ccc3F)CC[C@]3(C)C(CCC4[C@@]5(C)CC[C@H](O)C(C)(C)C5CC[C@]43C)C12. The fraction of sp³-hybridized carbons (Fsp3) is 0.660. The summed E-state index contributed by atoms with van der Waals surface area (Å²) in [6.07, 6.45) is 11.7. The number of nitrogens with zero attached hydrogens (tertiary/aromatic N) is 1. The number of methoxy groups -OCH3 is 1. The second kappa shape index (κ2) is 14.7. The van der Waals surface area contributed by atoms with E-state index in [-0.39, 0.29) is 65.0 Å². The number of aliphatic hydroxyl groups is 1. The molecule has 10 atom stereocenters. The van der Waals surface area contributed by atoms with Gasteiger partial charge in [0.15, 0.2) is 0 Å². The van der Waals surface area contributed by atoms with Gasteiger partial charge in [0.25, 0.3) is 5.91 Å². The van der Waals surface area contributed by atoms with Gasteiger partial charge in [-0.15, -0.1) is 0 Å². The smallest absolute Gasteiger partial charge is 0.339 e. The number of halogens is 1. The van der Waals surface area contributed by atoms with Crippen molar-refractivity contribution in [2.45, 2.75) is 125 Å². The number of allylic oxidation sites excluding steroid dienone is 1. The van der Waals surface area contributed by atoms with Gasteiger partial charge in [-0.2, -0.15) is 0 Å². The number of pyridine rings is 1. The number of hydrogen-bond acceptors (Lipinski definition) is 6. The molecule has 5 aliphatic carbocycles. The number of aliphatic hydroxyl groups excluding tert-OH is 1. The average Bonchev–Trinajstić information content (AvgIpc) is 3.58. The van der Waals surface area contributed by atoms with E-state index in [0.29, 0.717) is 46.1 Å². The van der Waals surface area contributed by atoms with Gasteiger partial charge in [0.05, 0.1) is 36.4 Å². The molecule has 2 amide bonds. The third-order valence-corrected chi connectivity index (χ3v) is 17.2. The number of fused-ring (bicyclic) bond motifs is 7. The summed E-state index contributed by atoms with van der Waals surface area (Å²) in [5.74, 6) is 0.881. The molecule has 7 rings (SSSR count). The van der Waals surface area contributed by atoms with Crippen LogP contribution in [-0.4, -0.2) is 47.6 Å². The molecule has 4 unspecified atom stereocenters. The molecule has 304 valence electrons. The summed E-state index contributed by atoms with van der Waals surface area (Å²) in [4.78, 5) is 43.6. The Morgan fingerprint density at radius 1 is 0.893 bits per heavy atom. The highest BCUT2D eigenvalue weighted by molar-refractivity contribution is 5.94. The second-order valence-electron chi connectivity index (χ2n) is 19.7. The third-order valence-electron chi connectivity index (χ3n) is 17.2. The molecule has 5 fully saturated rings. The standard InChI is InChI=1S/C47H64FN3O5/c1-28(2)33-15-21-47(23-22-45(6)34(39(33)47)12-14-37-44(5)19-17-38(52)43(3,4)36(44)16-20-46(37,45)7)42(55)49-24-18-29-25-30(10-13-35(29)48)40(53)51-27-32-11-9-31(26-50-32)41(54)56-8/h9-11,13,25-26,33-34,36-39,52H,1,12,14-24,27H2,2-8H3,(H,49,55)(H,51,53)/t33-,34?,36?,37?,38-,39?,44-,45+,46+,47-/m0/s1. The molecule has 5 saturated carbocycles. The highest BCUT2D eigenvalue weighted by Crippen LogP contribution is 2.77. The Hall–Kier alpha value is -3.59. The van der Waals surface area contributed by atoms with E-state index in [9.17, 15) is 19.5 Å². The molecule has 0 aliphatic heterocycles. The summed E-state index contributed by atoms with van der Waals surface area (Å²) < 4.78 is 19.8. The number of nitrogens with one attached hydrogen (secondary N) is 2. The maximum Gasteiger partial charge on any atom is 0.339 e. The lowest BCUT2D eigenvalue weighted by atomic mass is 9.32. The predicted octanol–water partition coefficient (Wildman–Crippen LogP) is 8.61. The molecule has 1 aromatic heterocycles. The lowest BCUT2D eigenvalue weighted by molar-refractivity contribution is -0.246. The van der Waals surface area contributed by atoms with Crippen LogP contribution in [0.2, 0.25) is 0 Å².